The van der Waals surface area contributed by atoms with Crippen molar-refractivity contribution in [2.45, 2.75) is 26.1 Å². The topological polar surface area (TPSA) is 60.0 Å². The van der Waals surface area contributed by atoms with Gasteiger partial charge in [0, 0.05) is 19.1 Å². The first kappa shape index (κ1) is 12.1. The van der Waals surface area contributed by atoms with E-state index >= 15 is 0 Å². The smallest absolute Gasteiger partial charge is 0.152 e. The van der Waals surface area contributed by atoms with Crippen LogP contribution in [0.4, 0.5) is 10.1 Å². The van der Waals surface area contributed by atoms with E-state index in [2.05, 4.69) is 10.2 Å². The van der Waals surface area contributed by atoms with E-state index in [0.717, 1.165) is 24.5 Å². The van der Waals surface area contributed by atoms with Gasteiger partial charge in [-0.15, -0.1) is 10.2 Å². The molecule has 2 N–H and O–H groups in total. The van der Waals surface area contributed by atoms with Crippen molar-refractivity contribution >= 4 is 5.69 Å². The van der Waals surface area contributed by atoms with Gasteiger partial charge in [-0.05, 0) is 18.6 Å². The van der Waals surface area contributed by atoms with E-state index in [4.69, 9.17) is 5.73 Å². The van der Waals surface area contributed by atoms with Crippen LogP contribution < -0.4 is 10.6 Å². The van der Waals surface area contributed by atoms with Gasteiger partial charge >= 0.3 is 0 Å². The lowest BCUT2D eigenvalue weighted by Crippen LogP contribution is -2.35. The van der Waals surface area contributed by atoms with E-state index in [0.29, 0.717) is 12.2 Å². The number of nitrogens with zero attached hydrogens (tertiary/aromatic N) is 4. The fourth-order valence-electron chi connectivity index (χ4n) is 2.49. The lowest BCUT2D eigenvalue weighted by molar-refractivity contribution is 0.540. The van der Waals surface area contributed by atoms with Gasteiger partial charge in [-0.2, -0.15) is 0 Å². The summed E-state index contributed by atoms with van der Waals surface area (Å²) >= 11 is 0. The van der Waals surface area contributed by atoms with E-state index in [1.807, 2.05) is 22.5 Å². The molecule has 1 unspecified atom stereocenters. The average Bonchev–Trinajstić information content (AvgIpc) is 2.85. The number of hydrogen-bond donors (Lipinski definition) is 1. The summed E-state index contributed by atoms with van der Waals surface area (Å²) in [5.74, 6) is 0.618. The third-order valence-corrected chi connectivity index (χ3v) is 3.46. The molecule has 0 amide bonds. The SMILES string of the molecule is CC(N)c1cccc(F)c1N1CCn2cnnc2C1. The van der Waals surface area contributed by atoms with E-state index in [1.54, 1.807) is 12.4 Å². The van der Waals surface area contributed by atoms with Crippen LogP contribution in [0.1, 0.15) is 24.4 Å². The fourth-order valence-corrected chi connectivity index (χ4v) is 2.49. The van der Waals surface area contributed by atoms with Gasteiger partial charge in [-0.1, -0.05) is 12.1 Å². The lowest BCUT2D eigenvalue weighted by atomic mass is 10.0. The predicted octanol–water partition coefficient (Wildman–Crippen LogP) is 1.46. The minimum Gasteiger partial charge on any atom is -0.360 e. The van der Waals surface area contributed by atoms with E-state index < -0.39 is 0 Å². The molecule has 0 radical (unpaired) electrons. The highest BCUT2D eigenvalue weighted by Crippen LogP contribution is 2.30. The highest BCUT2D eigenvalue weighted by Gasteiger charge is 2.23. The molecule has 1 aliphatic heterocycles. The van der Waals surface area contributed by atoms with Gasteiger partial charge in [-0.3, -0.25) is 0 Å². The van der Waals surface area contributed by atoms with E-state index in [9.17, 15) is 4.39 Å². The first-order valence-corrected chi connectivity index (χ1v) is 6.32. The number of anilines is 1. The van der Waals surface area contributed by atoms with Crippen LogP contribution in [0.5, 0.6) is 0 Å². The van der Waals surface area contributed by atoms with Gasteiger partial charge in [0.25, 0.3) is 0 Å². The number of fused-ring (bicyclic) bond motifs is 1. The summed E-state index contributed by atoms with van der Waals surface area (Å²) in [6.45, 7) is 3.91. The Hall–Kier alpha value is -1.95. The van der Waals surface area contributed by atoms with Gasteiger partial charge in [0.15, 0.2) is 5.82 Å². The summed E-state index contributed by atoms with van der Waals surface area (Å²) in [6, 6.07) is 4.85. The zero-order chi connectivity index (χ0) is 13.4. The molecule has 5 nitrogen and oxygen atoms in total. The Morgan fingerprint density at radius 2 is 2.21 bits per heavy atom. The Morgan fingerprint density at radius 1 is 1.37 bits per heavy atom. The molecule has 100 valence electrons. The van der Waals surface area contributed by atoms with E-state index in [-0.39, 0.29) is 11.9 Å². The molecule has 0 saturated carbocycles. The largest absolute Gasteiger partial charge is 0.360 e. The van der Waals surface area contributed by atoms with Gasteiger partial charge < -0.3 is 15.2 Å². The molecule has 2 aromatic rings. The first-order chi connectivity index (χ1) is 9.16. The van der Waals surface area contributed by atoms with E-state index in [1.165, 1.54) is 6.07 Å². The fraction of sp³-hybridized carbons (Fsp3) is 0.385. The van der Waals surface area contributed by atoms with Crippen molar-refractivity contribution in [3.63, 3.8) is 0 Å². The minimum absolute atomic E-state index is 0.203. The summed E-state index contributed by atoms with van der Waals surface area (Å²) < 4.78 is 16.1. The first-order valence-electron chi connectivity index (χ1n) is 6.32. The summed E-state index contributed by atoms with van der Waals surface area (Å²) in [5.41, 5.74) is 7.35. The lowest BCUT2D eigenvalue weighted by Gasteiger charge is -2.31. The molecule has 6 heteroatoms. The predicted molar refractivity (Wildman–Crippen MR) is 70.1 cm³/mol. The number of para-hydroxylation sites is 1. The van der Waals surface area contributed by atoms with Crippen LogP contribution in [0.15, 0.2) is 24.5 Å². The molecule has 3 rings (SSSR count). The number of nitrogens with two attached hydrogens (primary N) is 1. The highest BCUT2D eigenvalue weighted by molar-refractivity contribution is 5.56. The summed E-state index contributed by atoms with van der Waals surface area (Å²) in [4.78, 5) is 1.98. The third-order valence-electron chi connectivity index (χ3n) is 3.46. The maximum Gasteiger partial charge on any atom is 0.152 e. The van der Waals surface area contributed by atoms with Crippen LogP contribution in [0.25, 0.3) is 0 Å². The van der Waals surface area contributed by atoms with Gasteiger partial charge in [0.2, 0.25) is 0 Å². The quantitative estimate of drug-likeness (QED) is 0.889. The zero-order valence-corrected chi connectivity index (χ0v) is 10.8. The normalized spacial score (nSPS) is 16.3. The van der Waals surface area contributed by atoms with Crippen LogP contribution in [-0.2, 0) is 13.1 Å². The maximum absolute atomic E-state index is 14.2. The Morgan fingerprint density at radius 3 is 3.00 bits per heavy atom. The second-order valence-electron chi connectivity index (χ2n) is 4.83. The Balaban J connectivity index is 2.00. The van der Waals surface area contributed by atoms with Gasteiger partial charge in [-0.25, -0.2) is 4.39 Å². The third kappa shape index (κ3) is 2.08. The molecule has 2 heterocycles. The monoisotopic (exact) mass is 261 g/mol. The molecule has 19 heavy (non-hydrogen) atoms. The van der Waals surface area contributed by atoms with Crippen LogP contribution in [0.3, 0.4) is 0 Å². The summed E-state index contributed by atoms with van der Waals surface area (Å²) in [5, 5.41) is 7.93. The molecule has 1 atom stereocenters. The van der Waals surface area contributed by atoms with Crippen LogP contribution >= 0.6 is 0 Å². The van der Waals surface area contributed by atoms with Crippen LogP contribution in [0.2, 0.25) is 0 Å². The molecule has 1 aliphatic rings. The van der Waals surface area contributed by atoms with Crippen LogP contribution in [-0.4, -0.2) is 21.3 Å². The van der Waals surface area contributed by atoms with Crippen molar-refractivity contribution < 1.29 is 4.39 Å². The van der Waals surface area contributed by atoms with Gasteiger partial charge in [0.1, 0.15) is 12.1 Å². The Labute approximate surface area is 110 Å². The Kier molecular flexibility index (Phi) is 2.94. The minimum atomic E-state index is -0.234. The molecular weight excluding hydrogens is 245 g/mol. The number of benzene rings is 1. The molecule has 1 aromatic heterocycles. The number of halogens is 1. The average molecular weight is 261 g/mol. The number of hydrogen-bond acceptors (Lipinski definition) is 4. The van der Waals surface area contributed by atoms with Crippen LogP contribution in [0, 0.1) is 5.82 Å². The molecule has 0 aliphatic carbocycles. The number of rotatable bonds is 2. The molecule has 0 bridgehead atoms. The molecule has 0 fully saturated rings. The zero-order valence-electron chi connectivity index (χ0n) is 10.8. The second-order valence-corrected chi connectivity index (χ2v) is 4.83. The summed E-state index contributed by atoms with van der Waals surface area (Å²) in [6.07, 6.45) is 1.71. The Bertz CT molecular complexity index is 592. The molecule has 0 saturated heterocycles. The summed E-state index contributed by atoms with van der Waals surface area (Å²) in [7, 11) is 0. The van der Waals surface area contributed by atoms with Crippen molar-refractivity contribution in [1.82, 2.24) is 14.8 Å². The molecule has 0 spiro atoms. The molecule has 1 aromatic carbocycles. The number of aromatic nitrogens is 3. The standard InChI is InChI=1S/C13H16FN5/c1-9(15)10-3-2-4-11(14)13(10)18-5-6-19-8-16-17-12(19)7-18/h2-4,8-9H,5-7,15H2,1H3. The second kappa shape index (κ2) is 4.62. The van der Waals surface area contributed by atoms with Crippen molar-refractivity contribution in [3.8, 4) is 0 Å². The van der Waals surface area contributed by atoms with Crippen molar-refractivity contribution in [1.29, 1.82) is 0 Å². The molecular formula is C13H16FN5. The van der Waals surface area contributed by atoms with Crippen molar-refractivity contribution in [3.05, 3.63) is 41.7 Å². The maximum atomic E-state index is 14.2. The van der Waals surface area contributed by atoms with Crippen molar-refractivity contribution in [2.24, 2.45) is 5.73 Å². The highest BCUT2D eigenvalue weighted by atomic mass is 19.1. The van der Waals surface area contributed by atoms with Gasteiger partial charge in [0.05, 0.1) is 12.2 Å². The van der Waals surface area contributed by atoms with Crippen molar-refractivity contribution in [2.75, 3.05) is 11.4 Å².